The van der Waals surface area contributed by atoms with E-state index in [4.69, 9.17) is 10.0 Å². The Labute approximate surface area is 93.7 Å². The summed E-state index contributed by atoms with van der Waals surface area (Å²) in [6.07, 6.45) is 4.01. The van der Waals surface area contributed by atoms with Gasteiger partial charge < -0.3 is 20.1 Å². The van der Waals surface area contributed by atoms with Crippen molar-refractivity contribution >= 4 is 18.5 Å². The summed E-state index contributed by atoms with van der Waals surface area (Å²) in [4.78, 5) is 10.1. The van der Waals surface area contributed by atoms with Gasteiger partial charge in [0.15, 0.2) is 0 Å². The highest BCUT2D eigenvalue weighted by molar-refractivity contribution is 6.58. The quantitative estimate of drug-likeness (QED) is 0.508. The van der Waals surface area contributed by atoms with E-state index in [1.54, 1.807) is 0 Å². The van der Waals surface area contributed by atoms with E-state index in [1.807, 2.05) is 4.90 Å². The van der Waals surface area contributed by atoms with Crippen LogP contribution in [0.2, 0.25) is 0 Å². The van der Waals surface area contributed by atoms with Gasteiger partial charge in [-0.15, -0.1) is 0 Å². The van der Waals surface area contributed by atoms with Crippen molar-refractivity contribution in [1.82, 2.24) is 9.97 Å². The average molecular weight is 223 g/mol. The Balaban J connectivity index is 2.04. The standard InChI is InChI=1S/C9H14BN3O3/c14-8-1-3-13(4-2-8)9-11-5-7(6-12-9)10(15)16/h5-6,8,14-16H,1-4H2. The second-order valence-corrected chi connectivity index (χ2v) is 3.91. The van der Waals surface area contributed by atoms with E-state index in [0.29, 0.717) is 18.8 Å². The molecule has 0 radical (unpaired) electrons. The molecule has 1 aromatic rings. The number of aliphatic hydroxyl groups excluding tert-OH is 1. The molecule has 7 heteroatoms. The van der Waals surface area contributed by atoms with Crippen molar-refractivity contribution in [1.29, 1.82) is 0 Å². The predicted molar refractivity (Wildman–Crippen MR) is 59.3 cm³/mol. The highest BCUT2D eigenvalue weighted by Gasteiger charge is 2.19. The molecule has 0 aliphatic carbocycles. The molecular formula is C9H14BN3O3. The third kappa shape index (κ3) is 2.49. The zero-order chi connectivity index (χ0) is 11.5. The van der Waals surface area contributed by atoms with Crippen LogP contribution in [-0.4, -0.2) is 51.4 Å². The zero-order valence-electron chi connectivity index (χ0n) is 8.82. The van der Waals surface area contributed by atoms with Gasteiger partial charge in [-0.05, 0) is 12.8 Å². The molecule has 1 aromatic heterocycles. The van der Waals surface area contributed by atoms with Gasteiger partial charge >= 0.3 is 7.12 Å². The molecule has 1 fully saturated rings. The Morgan fingerprint density at radius 3 is 2.25 bits per heavy atom. The largest absolute Gasteiger partial charge is 0.491 e. The van der Waals surface area contributed by atoms with Crippen LogP contribution in [0.25, 0.3) is 0 Å². The summed E-state index contributed by atoms with van der Waals surface area (Å²) in [7, 11) is -1.53. The van der Waals surface area contributed by atoms with Gasteiger partial charge in [0, 0.05) is 30.9 Å². The van der Waals surface area contributed by atoms with Gasteiger partial charge in [-0.2, -0.15) is 0 Å². The van der Waals surface area contributed by atoms with Gasteiger partial charge in [0.2, 0.25) is 5.95 Å². The third-order valence-electron chi connectivity index (χ3n) is 2.70. The molecule has 0 spiro atoms. The lowest BCUT2D eigenvalue weighted by Crippen LogP contribution is -2.38. The Morgan fingerprint density at radius 2 is 1.75 bits per heavy atom. The van der Waals surface area contributed by atoms with E-state index >= 15 is 0 Å². The van der Waals surface area contributed by atoms with E-state index in [0.717, 1.165) is 13.1 Å². The van der Waals surface area contributed by atoms with E-state index in [9.17, 15) is 5.11 Å². The second kappa shape index (κ2) is 4.77. The lowest BCUT2D eigenvalue weighted by molar-refractivity contribution is 0.145. The summed E-state index contributed by atoms with van der Waals surface area (Å²) >= 11 is 0. The van der Waals surface area contributed by atoms with E-state index in [-0.39, 0.29) is 11.6 Å². The minimum Gasteiger partial charge on any atom is -0.423 e. The smallest absolute Gasteiger partial charge is 0.423 e. The molecule has 86 valence electrons. The van der Waals surface area contributed by atoms with Crippen LogP contribution in [0.1, 0.15) is 12.8 Å². The monoisotopic (exact) mass is 223 g/mol. The molecule has 3 N–H and O–H groups in total. The number of anilines is 1. The maximum Gasteiger partial charge on any atom is 0.491 e. The lowest BCUT2D eigenvalue weighted by Gasteiger charge is -2.29. The molecular weight excluding hydrogens is 209 g/mol. The topological polar surface area (TPSA) is 89.7 Å². The fourth-order valence-corrected chi connectivity index (χ4v) is 1.69. The SMILES string of the molecule is OB(O)c1cnc(N2CCC(O)CC2)nc1. The molecule has 1 aliphatic rings. The van der Waals surface area contributed by atoms with Crippen molar-refractivity contribution in [2.75, 3.05) is 18.0 Å². The molecule has 2 rings (SSSR count). The first kappa shape index (κ1) is 11.3. The molecule has 0 bridgehead atoms. The van der Waals surface area contributed by atoms with E-state index < -0.39 is 7.12 Å². The Kier molecular flexibility index (Phi) is 3.38. The molecule has 1 aliphatic heterocycles. The van der Waals surface area contributed by atoms with E-state index in [2.05, 4.69) is 9.97 Å². The maximum atomic E-state index is 9.36. The highest BCUT2D eigenvalue weighted by atomic mass is 16.4. The number of nitrogens with zero attached hydrogens (tertiary/aromatic N) is 3. The minimum absolute atomic E-state index is 0.227. The van der Waals surface area contributed by atoms with Gasteiger partial charge in [-0.25, -0.2) is 9.97 Å². The molecule has 1 saturated heterocycles. The summed E-state index contributed by atoms with van der Waals surface area (Å²) in [5.74, 6) is 0.566. The minimum atomic E-state index is -1.53. The molecule has 0 amide bonds. The fourth-order valence-electron chi connectivity index (χ4n) is 1.69. The van der Waals surface area contributed by atoms with Crippen LogP contribution < -0.4 is 10.4 Å². The number of aliphatic hydroxyl groups is 1. The van der Waals surface area contributed by atoms with Crippen LogP contribution >= 0.6 is 0 Å². The van der Waals surface area contributed by atoms with Gasteiger partial charge in [0.05, 0.1) is 6.10 Å². The first-order valence-electron chi connectivity index (χ1n) is 5.28. The van der Waals surface area contributed by atoms with E-state index in [1.165, 1.54) is 12.4 Å². The van der Waals surface area contributed by atoms with Crippen molar-refractivity contribution in [3.63, 3.8) is 0 Å². The molecule has 0 unspecified atom stereocenters. The first-order chi connectivity index (χ1) is 7.66. The summed E-state index contributed by atoms with van der Waals surface area (Å²) in [6.45, 7) is 1.45. The van der Waals surface area contributed by atoms with Crippen LogP contribution in [0.15, 0.2) is 12.4 Å². The van der Waals surface area contributed by atoms with Crippen LogP contribution in [0.3, 0.4) is 0 Å². The van der Waals surface area contributed by atoms with Crippen molar-refractivity contribution in [3.05, 3.63) is 12.4 Å². The van der Waals surface area contributed by atoms with Crippen LogP contribution in [0.4, 0.5) is 5.95 Å². The maximum absolute atomic E-state index is 9.36. The van der Waals surface area contributed by atoms with Crippen molar-refractivity contribution < 1.29 is 15.2 Å². The molecule has 0 saturated carbocycles. The Morgan fingerprint density at radius 1 is 1.19 bits per heavy atom. The Hall–Kier alpha value is -1.18. The average Bonchev–Trinajstić information content (AvgIpc) is 2.30. The predicted octanol–water partition coefficient (Wildman–Crippen LogP) is -1.88. The number of rotatable bonds is 2. The summed E-state index contributed by atoms with van der Waals surface area (Å²) < 4.78 is 0. The van der Waals surface area contributed by atoms with Crippen LogP contribution in [0, 0.1) is 0 Å². The lowest BCUT2D eigenvalue weighted by atomic mass is 9.83. The van der Waals surface area contributed by atoms with Crippen molar-refractivity contribution in [3.8, 4) is 0 Å². The number of aromatic nitrogens is 2. The molecule has 2 heterocycles. The summed E-state index contributed by atoms with van der Waals surface area (Å²) in [5, 5.41) is 27.1. The molecule has 0 aromatic carbocycles. The number of hydrogen-bond acceptors (Lipinski definition) is 6. The molecule has 0 atom stereocenters. The number of hydrogen-bond donors (Lipinski definition) is 3. The summed E-state index contributed by atoms with van der Waals surface area (Å²) in [5.41, 5.74) is 0.279. The first-order valence-corrected chi connectivity index (χ1v) is 5.28. The van der Waals surface area contributed by atoms with Crippen LogP contribution in [0.5, 0.6) is 0 Å². The summed E-state index contributed by atoms with van der Waals surface area (Å²) in [6, 6.07) is 0. The van der Waals surface area contributed by atoms with Crippen molar-refractivity contribution in [2.24, 2.45) is 0 Å². The highest BCUT2D eigenvalue weighted by Crippen LogP contribution is 2.14. The van der Waals surface area contributed by atoms with Gasteiger partial charge in [-0.1, -0.05) is 0 Å². The molecule has 16 heavy (non-hydrogen) atoms. The van der Waals surface area contributed by atoms with Gasteiger partial charge in [0.1, 0.15) is 0 Å². The Bertz CT molecular complexity index is 338. The van der Waals surface area contributed by atoms with Gasteiger partial charge in [-0.3, -0.25) is 0 Å². The molecule has 6 nitrogen and oxygen atoms in total. The fraction of sp³-hybridized carbons (Fsp3) is 0.556. The second-order valence-electron chi connectivity index (χ2n) is 3.91. The van der Waals surface area contributed by atoms with Crippen molar-refractivity contribution in [2.45, 2.75) is 18.9 Å². The van der Waals surface area contributed by atoms with Crippen LogP contribution in [-0.2, 0) is 0 Å². The normalized spacial score (nSPS) is 17.6. The third-order valence-corrected chi connectivity index (χ3v) is 2.70. The number of piperidine rings is 1. The van der Waals surface area contributed by atoms with Gasteiger partial charge in [0.25, 0.3) is 0 Å². The zero-order valence-corrected chi connectivity index (χ0v) is 8.82.